The second-order valence-electron chi connectivity index (χ2n) is 7.68. The van der Waals surface area contributed by atoms with Crippen LogP contribution in [-0.4, -0.2) is 38.8 Å². The molecule has 134 valence electrons. The summed E-state index contributed by atoms with van der Waals surface area (Å²) in [7, 11) is -1.07. The Morgan fingerprint density at radius 3 is 2.69 bits per heavy atom. The highest BCUT2D eigenvalue weighted by Crippen LogP contribution is 2.27. The first-order chi connectivity index (χ1) is 12.5. The molecule has 0 unspecified atom stereocenters. The van der Waals surface area contributed by atoms with Crippen molar-refractivity contribution in [3.63, 3.8) is 0 Å². The van der Waals surface area contributed by atoms with Crippen molar-refractivity contribution >= 4 is 30.0 Å². The lowest BCUT2D eigenvalue weighted by molar-refractivity contribution is 0.0899. The van der Waals surface area contributed by atoms with Crippen molar-refractivity contribution < 1.29 is 4.74 Å². The van der Waals surface area contributed by atoms with E-state index < -0.39 is 8.07 Å². The number of aromatic nitrogens is 5. The molecule has 6 nitrogen and oxygen atoms in total. The lowest BCUT2D eigenvalue weighted by atomic mass is 10.2. The van der Waals surface area contributed by atoms with Gasteiger partial charge >= 0.3 is 0 Å². The molecule has 0 saturated heterocycles. The first-order valence-corrected chi connectivity index (χ1v) is 12.5. The van der Waals surface area contributed by atoms with Crippen LogP contribution in [0.2, 0.25) is 25.7 Å². The number of hydrogen-bond acceptors (Lipinski definition) is 4. The maximum absolute atomic E-state index is 5.90. The van der Waals surface area contributed by atoms with Gasteiger partial charge in [0.1, 0.15) is 12.4 Å². The monoisotopic (exact) mass is 365 g/mol. The van der Waals surface area contributed by atoms with Crippen molar-refractivity contribution in [1.29, 1.82) is 0 Å². The van der Waals surface area contributed by atoms with Gasteiger partial charge in [-0.05, 0) is 18.2 Å². The summed E-state index contributed by atoms with van der Waals surface area (Å²) in [6.45, 7) is 8.41. The molecule has 0 aliphatic carbocycles. The Hall–Kier alpha value is -2.51. The normalized spacial score (nSPS) is 12.3. The van der Waals surface area contributed by atoms with Gasteiger partial charge in [0.25, 0.3) is 0 Å². The summed E-state index contributed by atoms with van der Waals surface area (Å²) in [5, 5.41) is 2.17. The van der Waals surface area contributed by atoms with Crippen LogP contribution in [0.3, 0.4) is 0 Å². The first-order valence-electron chi connectivity index (χ1n) is 8.82. The summed E-state index contributed by atoms with van der Waals surface area (Å²) < 4.78 is 10.0. The van der Waals surface area contributed by atoms with Crippen LogP contribution in [0.25, 0.3) is 27.8 Å². The van der Waals surface area contributed by atoms with E-state index >= 15 is 0 Å². The van der Waals surface area contributed by atoms with Crippen LogP contribution >= 0.6 is 0 Å². The fourth-order valence-corrected chi connectivity index (χ4v) is 3.77. The molecule has 0 aliphatic rings. The molecule has 0 aromatic carbocycles. The Balaban J connectivity index is 1.67. The van der Waals surface area contributed by atoms with Gasteiger partial charge in [0, 0.05) is 56.4 Å². The molecule has 7 heteroatoms. The van der Waals surface area contributed by atoms with Crippen LogP contribution in [0.5, 0.6) is 0 Å². The minimum absolute atomic E-state index is 0.526. The second-order valence-corrected chi connectivity index (χ2v) is 13.3. The molecule has 0 fully saturated rings. The second kappa shape index (κ2) is 6.66. The van der Waals surface area contributed by atoms with Crippen molar-refractivity contribution in [1.82, 2.24) is 24.1 Å². The predicted octanol–water partition coefficient (Wildman–Crippen LogP) is 4.08. The molecule has 4 aromatic rings. The van der Waals surface area contributed by atoms with Crippen LogP contribution in [0.15, 0.2) is 49.3 Å². The first kappa shape index (κ1) is 16.9. The smallest absolute Gasteiger partial charge is 0.155 e. The van der Waals surface area contributed by atoms with Crippen LogP contribution in [0.4, 0.5) is 0 Å². The molecular formula is C19H23N5OSi. The van der Waals surface area contributed by atoms with E-state index in [1.54, 1.807) is 18.6 Å². The lowest BCUT2D eigenvalue weighted by Gasteiger charge is -2.15. The Kier molecular flexibility index (Phi) is 4.34. The van der Waals surface area contributed by atoms with Crippen LogP contribution in [0.1, 0.15) is 0 Å². The Morgan fingerprint density at radius 1 is 1.04 bits per heavy atom. The molecule has 0 amide bonds. The largest absolute Gasteiger partial charge is 0.361 e. The minimum Gasteiger partial charge on any atom is -0.361 e. The molecule has 4 heterocycles. The third kappa shape index (κ3) is 3.27. The molecule has 0 radical (unpaired) electrons. The van der Waals surface area contributed by atoms with E-state index in [0.29, 0.717) is 6.73 Å². The maximum Gasteiger partial charge on any atom is 0.155 e. The van der Waals surface area contributed by atoms with Gasteiger partial charge in [-0.3, -0.25) is 9.55 Å². The SMILES string of the molecule is C[Si](C)(C)CCOCn1ccc2c1ncc1ccn(-c3cnccn3)c12. The van der Waals surface area contributed by atoms with Crippen molar-refractivity contribution in [2.24, 2.45) is 0 Å². The maximum atomic E-state index is 5.90. The van der Waals surface area contributed by atoms with Gasteiger partial charge in [0.15, 0.2) is 5.82 Å². The molecule has 0 aliphatic heterocycles. The average Bonchev–Trinajstić information content (AvgIpc) is 3.22. The number of rotatable bonds is 6. The summed E-state index contributed by atoms with van der Waals surface area (Å²) in [6, 6.07) is 5.32. The molecule has 0 atom stereocenters. The van der Waals surface area contributed by atoms with Gasteiger partial charge in [0.2, 0.25) is 0 Å². The van der Waals surface area contributed by atoms with E-state index in [1.807, 2.05) is 18.6 Å². The highest BCUT2D eigenvalue weighted by molar-refractivity contribution is 6.76. The van der Waals surface area contributed by atoms with Crippen molar-refractivity contribution in [3.8, 4) is 5.82 Å². The fourth-order valence-electron chi connectivity index (χ4n) is 3.01. The van der Waals surface area contributed by atoms with E-state index in [0.717, 1.165) is 34.4 Å². The molecule has 4 aromatic heterocycles. The summed E-state index contributed by atoms with van der Waals surface area (Å²) in [5.74, 6) is 0.800. The number of ether oxygens (including phenoxy) is 1. The Bertz CT molecular complexity index is 1030. The van der Waals surface area contributed by atoms with E-state index in [2.05, 4.69) is 55.9 Å². The van der Waals surface area contributed by atoms with Crippen molar-refractivity contribution in [3.05, 3.63) is 49.3 Å². The summed E-state index contributed by atoms with van der Waals surface area (Å²) in [5.41, 5.74) is 2.02. The number of fused-ring (bicyclic) bond motifs is 3. The van der Waals surface area contributed by atoms with Gasteiger partial charge < -0.3 is 9.30 Å². The van der Waals surface area contributed by atoms with Gasteiger partial charge in [-0.15, -0.1) is 0 Å². The van der Waals surface area contributed by atoms with Crippen LogP contribution in [-0.2, 0) is 11.5 Å². The van der Waals surface area contributed by atoms with Gasteiger partial charge in [-0.1, -0.05) is 19.6 Å². The number of nitrogens with zero attached hydrogens (tertiary/aromatic N) is 5. The molecule has 0 bridgehead atoms. The zero-order valence-electron chi connectivity index (χ0n) is 15.4. The molecule has 0 saturated carbocycles. The Labute approximate surface area is 153 Å². The lowest BCUT2D eigenvalue weighted by Crippen LogP contribution is -2.22. The van der Waals surface area contributed by atoms with Crippen LogP contribution in [0, 0.1) is 0 Å². The van der Waals surface area contributed by atoms with Crippen molar-refractivity contribution in [2.75, 3.05) is 6.61 Å². The van der Waals surface area contributed by atoms with Crippen molar-refractivity contribution in [2.45, 2.75) is 32.4 Å². The van der Waals surface area contributed by atoms with Crippen LogP contribution < -0.4 is 0 Å². The molecule has 4 rings (SSSR count). The summed E-state index contributed by atoms with van der Waals surface area (Å²) >= 11 is 0. The summed E-state index contributed by atoms with van der Waals surface area (Å²) in [6.07, 6.45) is 11.1. The zero-order valence-corrected chi connectivity index (χ0v) is 16.4. The third-order valence-electron chi connectivity index (χ3n) is 4.46. The molecule has 26 heavy (non-hydrogen) atoms. The van der Waals surface area contributed by atoms with E-state index in [-0.39, 0.29) is 0 Å². The standard InChI is InChI=1S/C19H23N5OSi/c1-26(2,3)11-10-25-14-23-8-5-16-18-15(12-22-19(16)23)4-9-24(18)17-13-20-6-7-21-17/h4-9,12-13H,10-11,14H2,1-3H3. The highest BCUT2D eigenvalue weighted by Gasteiger charge is 2.14. The highest BCUT2D eigenvalue weighted by atomic mass is 28.3. The average molecular weight is 366 g/mol. The number of pyridine rings is 1. The Morgan fingerprint density at radius 2 is 1.92 bits per heavy atom. The fraction of sp³-hybridized carbons (Fsp3) is 0.316. The summed E-state index contributed by atoms with van der Waals surface area (Å²) in [4.78, 5) is 13.2. The molecule has 0 spiro atoms. The minimum atomic E-state index is -1.07. The third-order valence-corrected chi connectivity index (χ3v) is 6.16. The topological polar surface area (TPSA) is 57.8 Å². The van der Waals surface area contributed by atoms with E-state index in [1.165, 1.54) is 6.04 Å². The quantitative estimate of drug-likeness (QED) is 0.381. The zero-order chi connectivity index (χ0) is 18.1. The molecule has 0 N–H and O–H groups in total. The van der Waals surface area contributed by atoms with E-state index in [9.17, 15) is 0 Å². The van der Waals surface area contributed by atoms with Gasteiger partial charge in [-0.2, -0.15) is 0 Å². The number of hydrogen-bond donors (Lipinski definition) is 0. The van der Waals surface area contributed by atoms with Gasteiger partial charge in [-0.25, -0.2) is 9.97 Å². The molecular weight excluding hydrogens is 342 g/mol. The van der Waals surface area contributed by atoms with E-state index in [4.69, 9.17) is 4.74 Å². The predicted molar refractivity (Wildman–Crippen MR) is 106 cm³/mol. The van der Waals surface area contributed by atoms with Gasteiger partial charge in [0.05, 0.1) is 11.7 Å².